The van der Waals surface area contributed by atoms with Gasteiger partial charge in [-0.2, -0.15) is 0 Å². The average molecular weight is 281 g/mol. The molecule has 0 aromatic carbocycles. The molecule has 0 spiro atoms. The third-order valence-corrected chi connectivity index (χ3v) is 4.94. The van der Waals surface area contributed by atoms with Crippen molar-refractivity contribution in [1.29, 1.82) is 0 Å². The Morgan fingerprint density at radius 3 is 2.65 bits per heavy atom. The molecule has 0 aromatic rings. The first-order valence-electron chi connectivity index (χ1n) is 8.35. The van der Waals surface area contributed by atoms with Crippen LogP contribution in [-0.4, -0.2) is 54.1 Å². The summed E-state index contributed by atoms with van der Waals surface area (Å²) >= 11 is 0. The maximum Gasteiger partial charge on any atom is 0.241 e. The largest absolute Gasteiger partial charge is 0.325 e. The standard InChI is InChI=1S/C16H31N3O/c1-5-7-14-17-15(12(3)6-2)16(20)19(14)11-10-18(4)13-8-9-13/h12-15,17H,5-11H2,1-4H3. The zero-order chi connectivity index (χ0) is 14.7. The van der Waals surface area contributed by atoms with Crippen molar-refractivity contribution in [2.75, 3.05) is 20.1 Å². The lowest BCUT2D eigenvalue weighted by Gasteiger charge is -2.26. The first-order valence-corrected chi connectivity index (χ1v) is 8.35. The van der Waals surface area contributed by atoms with Gasteiger partial charge in [-0.3, -0.25) is 10.1 Å². The highest BCUT2D eigenvalue weighted by Gasteiger charge is 2.40. The second-order valence-corrected chi connectivity index (χ2v) is 6.58. The van der Waals surface area contributed by atoms with Gasteiger partial charge in [-0.25, -0.2) is 0 Å². The minimum absolute atomic E-state index is 0.0304. The molecule has 116 valence electrons. The highest BCUT2D eigenvalue weighted by Crippen LogP contribution is 2.26. The van der Waals surface area contributed by atoms with Crippen LogP contribution in [0.15, 0.2) is 0 Å². The molecule has 0 bridgehead atoms. The summed E-state index contributed by atoms with van der Waals surface area (Å²) in [5, 5.41) is 3.57. The molecule has 2 aliphatic rings. The third-order valence-electron chi connectivity index (χ3n) is 4.94. The lowest BCUT2D eigenvalue weighted by atomic mass is 9.99. The zero-order valence-electron chi connectivity index (χ0n) is 13.6. The van der Waals surface area contributed by atoms with Crippen LogP contribution in [0.2, 0.25) is 0 Å². The second kappa shape index (κ2) is 6.90. The van der Waals surface area contributed by atoms with Gasteiger partial charge in [-0.05, 0) is 32.2 Å². The Labute approximate surface area is 123 Å². The van der Waals surface area contributed by atoms with Crippen LogP contribution < -0.4 is 5.32 Å². The van der Waals surface area contributed by atoms with Gasteiger partial charge >= 0.3 is 0 Å². The van der Waals surface area contributed by atoms with Gasteiger partial charge in [0.15, 0.2) is 0 Å². The Balaban J connectivity index is 1.93. The summed E-state index contributed by atoms with van der Waals surface area (Å²) in [7, 11) is 2.19. The van der Waals surface area contributed by atoms with Gasteiger partial charge in [0.2, 0.25) is 5.91 Å². The number of nitrogens with one attached hydrogen (secondary N) is 1. The van der Waals surface area contributed by atoms with Crippen LogP contribution in [0.5, 0.6) is 0 Å². The van der Waals surface area contributed by atoms with Crippen molar-refractivity contribution in [1.82, 2.24) is 15.1 Å². The fraction of sp³-hybridized carbons (Fsp3) is 0.938. The van der Waals surface area contributed by atoms with E-state index in [4.69, 9.17) is 0 Å². The summed E-state index contributed by atoms with van der Waals surface area (Å²) in [5.74, 6) is 0.745. The van der Waals surface area contributed by atoms with E-state index in [1.165, 1.54) is 12.8 Å². The van der Waals surface area contributed by atoms with E-state index in [-0.39, 0.29) is 12.2 Å². The van der Waals surface area contributed by atoms with Crippen LogP contribution in [0.25, 0.3) is 0 Å². The zero-order valence-corrected chi connectivity index (χ0v) is 13.6. The molecule has 1 aliphatic heterocycles. The van der Waals surface area contributed by atoms with Gasteiger partial charge in [0.1, 0.15) is 0 Å². The van der Waals surface area contributed by atoms with Crippen LogP contribution in [0.1, 0.15) is 52.9 Å². The summed E-state index contributed by atoms with van der Waals surface area (Å²) in [5.41, 5.74) is 0. The van der Waals surface area contributed by atoms with Crippen molar-refractivity contribution >= 4 is 5.91 Å². The number of nitrogens with zero attached hydrogens (tertiary/aromatic N) is 2. The maximum atomic E-state index is 12.6. The maximum absolute atomic E-state index is 12.6. The lowest BCUT2D eigenvalue weighted by molar-refractivity contribution is -0.131. The summed E-state index contributed by atoms with van der Waals surface area (Å²) in [6.45, 7) is 8.41. The van der Waals surface area contributed by atoms with Gasteiger partial charge < -0.3 is 9.80 Å². The van der Waals surface area contributed by atoms with Gasteiger partial charge in [0.25, 0.3) is 0 Å². The Morgan fingerprint density at radius 1 is 1.40 bits per heavy atom. The topological polar surface area (TPSA) is 35.6 Å². The van der Waals surface area contributed by atoms with Crippen molar-refractivity contribution in [3.05, 3.63) is 0 Å². The number of carbonyl (C=O) groups is 1. The van der Waals surface area contributed by atoms with E-state index in [9.17, 15) is 4.79 Å². The predicted octanol–water partition coefficient (Wildman–Crippen LogP) is 2.05. The van der Waals surface area contributed by atoms with Crippen molar-refractivity contribution in [2.45, 2.75) is 71.1 Å². The summed E-state index contributed by atoms with van der Waals surface area (Å²) < 4.78 is 0. The molecule has 1 amide bonds. The minimum atomic E-state index is 0.0304. The highest BCUT2D eigenvalue weighted by atomic mass is 16.2. The van der Waals surface area contributed by atoms with E-state index in [2.05, 4.69) is 42.9 Å². The molecule has 1 N–H and O–H groups in total. The highest BCUT2D eigenvalue weighted by molar-refractivity contribution is 5.84. The molecule has 1 heterocycles. The molecule has 2 fully saturated rings. The van der Waals surface area contributed by atoms with E-state index in [1.54, 1.807) is 0 Å². The van der Waals surface area contributed by atoms with E-state index < -0.39 is 0 Å². The molecule has 1 saturated carbocycles. The van der Waals surface area contributed by atoms with E-state index >= 15 is 0 Å². The molecule has 3 unspecified atom stereocenters. The number of carbonyl (C=O) groups excluding carboxylic acids is 1. The molecule has 20 heavy (non-hydrogen) atoms. The predicted molar refractivity (Wildman–Crippen MR) is 82.4 cm³/mol. The molecule has 4 nitrogen and oxygen atoms in total. The van der Waals surface area contributed by atoms with Crippen LogP contribution in [0, 0.1) is 5.92 Å². The quantitative estimate of drug-likeness (QED) is 0.739. The Kier molecular flexibility index (Phi) is 5.44. The molecule has 1 aliphatic carbocycles. The van der Waals surface area contributed by atoms with Crippen molar-refractivity contribution in [3.63, 3.8) is 0 Å². The molecular weight excluding hydrogens is 250 g/mol. The van der Waals surface area contributed by atoms with Crippen LogP contribution in [0.3, 0.4) is 0 Å². The smallest absolute Gasteiger partial charge is 0.241 e. The van der Waals surface area contributed by atoms with Gasteiger partial charge in [-0.15, -0.1) is 0 Å². The third kappa shape index (κ3) is 3.53. The van der Waals surface area contributed by atoms with Gasteiger partial charge in [0, 0.05) is 19.1 Å². The Bertz CT molecular complexity index is 330. The average Bonchev–Trinajstić information content (AvgIpc) is 3.23. The van der Waals surface area contributed by atoms with E-state index in [0.717, 1.165) is 38.4 Å². The minimum Gasteiger partial charge on any atom is -0.325 e. The number of hydrogen-bond acceptors (Lipinski definition) is 3. The number of amides is 1. The Hall–Kier alpha value is -0.610. The molecule has 1 saturated heterocycles. The van der Waals surface area contributed by atoms with Crippen LogP contribution in [-0.2, 0) is 4.79 Å². The number of rotatable bonds is 8. The lowest BCUT2D eigenvalue weighted by Crippen LogP contribution is -2.42. The van der Waals surface area contributed by atoms with Crippen molar-refractivity contribution < 1.29 is 4.79 Å². The first kappa shape index (κ1) is 15.8. The monoisotopic (exact) mass is 281 g/mol. The fourth-order valence-electron chi connectivity index (χ4n) is 3.09. The SMILES string of the molecule is CCCC1NC(C(C)CC)C(=O)N1CCN(C)C1CC1. The van der Waals surface area contributed by atoms with Gasteiger partial charge in [-0.1, -0.05) is 33.6 Å². The normalized spacial score (nSPS) is 28.4. The van der Waals surface area contributed by atoms with Crippen molar-refractivity contribution in [2.24, 2.45) is 5.92 Å². The fourth-order valence-corrected chi connectivity index (χ4v) is 3.09. The van der Waals surface area contributed by atoms with Crippen molar-refractivity contribution in [3.8, 4) is 0 Å². The van der Waals surface area contributed by atoms with E-state index in [1.807, 2.05) is 0 Å². The molecule has 2 rings (SSSR count). The summed E-state index contributed by atoms with van der Waals surface area (Å²) in [6.07, 6.45) is 6.14. The summed E-state index contributed by atoms with van der Waals surface area (Å²) in [6, 6.07) is 0.804. The first-order chi connectivity index (χ1) is 9.58. The van der Waals surface area contributed by atoms with Crippen LogP contribution >= 0.6 is 0 Å². The van der Waals surface area contributed by atoms with Crippen LogP contribution in [0.4, 0.5) is 0 Å². The molecular formula is C16H31N3O. The molecule has 4 heteroatoms. The number of hydrogen-bond donors (Lipinski definition) is 1. The molecule has 0 aromatic heterocycles. The second-order valence-electron chi connectivity index (χ2n) is 6.58. The molecule has 0 radical (unpaired) electrons. The van der Waals surface area contributed by atoms with E-state index in [0.29, 0.717) is 11.8 Å². The summed E-state index contributed by atoms with van der Waals surface area (Å²) in [4.78, 5) is 17.1. The molecule has 3 atom stereocenters. The van der Waals surface area contributed by atoms with Gasteiger partial charge in [0.05, 0.1) is 12.2 Å². The number of likely N-dealkylation sites (N-methyl/N-ethyl adjacent to an activating group) is 1. The Morgan fingerprint density at radius 2 is 2.10 bits per heavy atom.